The normalized spacial score (nSPS) is 11.3. The number of hydrogen-bond donors (Lipinski definition) is 0. The van der Waals surface area contributed by atoms with Crippen molar-refractivity contribution in [3.8, 4) is 0 Å². The van der Waals surface area contributed by atoms with Gasteiger partial charge in [-0.15, -0.1) is 0 Å². The van der Waals surface area contributed by atoms with E-state index in [2.05, 4.69) is 18.7 Å². The summed E-state index contributed by atoms with van der Waals surface area (Å²) in [7, 11) is -3.55. The third-order valence-corrected chi connectivity index (χ3v) is 6.41. The molecule has 0 N–H and O–H groups in total. The number of carbonyl (C=O) groups is 1. The van der Waals surface area contributed by atoms with Gasteiger partial charge in [0, 0.05) is 24.3 Å². The van der Waals surface area contributed by atoms with Gasteiger partial charge in [-0.05, 0) is 44.2 Å². The summed E-state index contributed by atoms with van der Waals surface area (Å²) in [5.41, 5.74) is 1.91. The average molecular weight is 428 g/mol. The molecule has 0 aliphatic carbocycles. The minimum absolute atomic E-state index is 0.0198. The fourth-order valence-corrected chi connectivity index (χ4v) is 4.45. The van der Waals surface area contributed by atoms with Gasteiger partial charge in [0.25, 0.3) is 0 Å². The van der Waals surface area contributed by atoms with Crippen LogP contribution in [0.1, 0.15) is 35.7 Å². The number of ether oxygens (including phenoxy) is 1. The maximum absolute atomic E-state index is 12.5. The maximum Gasteiger partial charge on any atom is 0.374 e. The van der Waals surface area contributed by atoms with Crippen LogP contribution in [0.3, 0.4) is 0 Å². The van der Waals surface area contributed by atoms with Crippen molar-refractivity contribution in [1.82, 2.24) is 0 Å². The van der Waals surface area contributed by atoms with E-state index in [1.54, 1.807) is 18.2 Å². The van der Waals surface area contributed by atoms with Crippen LogP contribution in [0.4, 0.5) is 5.69 Å². The fourth-order valence-electron chi connectivity index (χ4n) is 3.18. The van der Waals surface area contributed by atoms with E-state index >= 15 is 0 Å². The Hall–Kier alpha value is -3.06. The zero-order valence-electron chi connectivity index (χ0n) is 17.1. The summed E-state index contributed by atoms with van der Waals surface area (Å²) in [6, 6.07) is 18.8. The van der Waals surface area contributed by atoms with Crippen molar-refractivity contribution >= 4 is 21.5 Å². The molecule has 0 spiro atoms. The first-order valence-electron chi connectivity index (χ1n) is 9.81. The van der Waals surface area contributed by atoms with Gasteiger partial charge in [0.1, 0.15) is 18.1 Å². The molecule has 7 heteroatoms. The molecule has 1 aromatic heterocycles. The summed E-state index contributed by atoms with van der Waals surface area (Å²) in [5.74, 6) is -0.787. The molecule has 0 saturated heterocycles. The number of benzene rings is 2. The molecule has 6 nitrogen and oxygen atoms in total. The first-order chi connectivity index (χ1) is 14.4. The Kier molecular flexibility index (Phi) is 6.95. The van der Waals surface area contributed by atoms with Crippen molar-refractivity contribution < 1.29 is 22.4 Å². The zero-order valence-corrected chi connectivity index (χ0v) is 17.9. The summed E-state index contributed by atoms with van der Waals surface area (Å²) in [6.45, 7) is 5.93. The molecule has 1 heterocycles. The zero-order chi connectivity index (χ0) is 21.6. The van der Waals surface area contributed by atoms with Gasteiger partial charge in [0.15, 0.2) is 9.84 Å². The van der Waals surface area contributed by atoms with Crippen LogP contribution in [-0.2, 0) is 26.9 Å². The Balaban J connectivity index is 1.67. The molecule has 0 atom stereocenters. The molecule has 0 bridgehead atoms. The molecule has 0 unspecified atom stereocenters. The Bertz CT molecular complexity index is 1090. The predicted octanol–water partition coefficient (Wildman–Crippen LogP) is 4.46. The molecule has 0 saturated carbocycles. The molecular weight excluding hydrogens is 402 g/mol. The average Bonchev–Trinajstić information content (AvgIpc) is 3.22. The smallest absolute Gasteiger partial charge is 0.374 e. The molecule has 3 rings (SSSR count). The van der Waals surface area contributed by atoms with Crippen molar-refractivity contribution in [3.05, 3.63) is 83.8 Å². The van der Waals surface area contributed by atoms with Gasteiger partial charge in [0.2, 0.25) is 5.76 Å². The van der Waals surface area contributed by atoms with Crippen LogP contribution >= 0.6 is 0 Å². The highest BCUT2D eigenvalue weighted by atomic mass is 32.2. The third-order valence-electron chi connectivity index (χ3n) is 4.75. The summed E-state index contributed by atoms with van der Waals surface area (Å²) < 4.78 is 35.8. The Labute approximate surface area is 177 Å². The molecule has 3 aromatic rings. The SMILES string of the molecule is CCN(CC)c1ccccc1COC(=O)c1ccc(CS(=O)(=O)c2ccccc2)o1. The van der Waals surface area contributed by atoms with Crippen LogP contribution in [0, 0.1) is 0 Å². The lowest BCUT2D eigenvalue weighted by Gasteiger charge is -2.23. The quantitative estimate of drug-likeness (QED) is 0.470. The number of anilines is 1. The van der Waals surface area contributed by atoms with E-state index in [0.717, 1.165) is 24.3 Å². The Morgan fingerprint density at radius 1 is 0.933 bits per heavy atom. The third kappa shape index (κ3) is 5.10. The molecule has 0 amide bonds. The second kappa shape index (κ2) is 9.63. The van der Waals surface area contributed by atoms with Crippen LogP contribution < -0.4 is 4.90 Å². The van der Waals surface area contributed by atoms with Crippen molar-refractivity contribution in [2.24, 2.45) is 0 Å². The lowest BCUT2D eigenvalue weighted by molar-refractivity contribution is 0.0435. The van der Waals surface area contributed by atoms with Crippen molar-refractivity contribution in [2.45, 2.75) is 31.1 Å². The monoisotopic (exact) mass is 427 g/mol. The van der Waals surface area contributed by atoms with Crippen LogP contribution in [0.15, 0.2) is 76.0 Å². The number of nitrogens with zero attached hydrogens (tertiary/aromatic N) is 1. The predicted molar refractivity (Wildman–Crippen MR) is 115 cm³/mol. The van der Waals surface area contributed by atoms with Crippen molar-refractivity contribution in [1.29, 1.82) is 0 Å². The van der Waals surface area contributed by atoms with Crippen LogP contribution in [0.5, 0.6) is 0 Å². The van der Waals surface area contributed by atoms with E-state index in [0.29, 0.717) is 0 Å². The van der Waals surface area contributed by atoms with Gasteiger partial charge < -0.3 is 14.1 Å². The van der Waals surface area contributed by atoms with Gasteiger partial charge in [-0.1, -0.05) is 36.4 Å². The van der Waals surface area contributed by atoms with Gasteiger partial charge in [0.05, 0.1) is 4.90 Å². The molecule has 30 heavy (non-hydrogen) atoms. The number of sulfone groups is 1. The first-order valence-corrected chi connectivity index (χ1v) is 11.5. The topological polar surface area (TPSA) is 76.8 Å². The van der Waals surface area contributed by atoms with E-state index in [-0.39, 0.29) is 28.8 Å². The minimum Gasteiger partial charge on any atom is -0.455 e. The van der Waals surface area contributed by atoms with E-state index in [1.807, 2.05) is 24.3 Å². The largest absolute Gasteiger partial charge is 0.455 e. The van der Waals surface area contributed by atoms with E-state index in [1.165, 1.54) is 24.3 Å². The highest BCUT2D eigenvalue weighted by molar-refractivity contribution is 7.90. The van der Waals surface area contributed by atoms with Gasteiger partial charge in [-0.25, -0.2) is 13.2 Å². The number of furan rings is 1. The first kappa shape index (κ1) is 21.6. The van der Waals surface area contributed by atoms with E-state index in [9.17, 15) is 13.2 Å². The number of carbonyl (C=O) groups excluding carboxylic acids is 1. The number of hydrogen-bond acceptors (Lipinski definition) is 6. The van der Waals surface area contributed by atoms with Gasteiger partial charge in [-0.2, -0.15) is 0 Å². The lowest BCUT2D eigenvalue weighted by atomic mass is 10.1. The lowest BCUT2D eigenvalue weighted by Crippen LogP contribution is -2.23. The number of rotatable bonds is 9. The van der Waals surface area contributed by atoms with Crippen LogP contribution in [0.25, 0.3) is 0 Å². The standard InChI is InChI=1S/C23H25NO5S/c1-3-24(4-2)21-13-9-8-10-18(21)16-28-23(25)22-15-14-19(29-22)17-30(26,27)20-11-6-5-7-12-20/h5-15H,3-4,16-17H2,1-2H3. The van der Waals surface area contributed by atoms with Gasteiger partial charge in [-0.3, -0.25) is 0 Å². The molecule has 158 valence electrons. The fraction of sp³-hybridized carbons (Fsp3) is 0.261. The molecule has 2 aromatic carbocycles. The number of para-hydroxylation sites is 1. The summed E-state index contributed by atoms with van der Waals surface area (Å²) in [4.78, 5) is 14.8. The second-order valence-corrected chi connectivity index (χ2v) is 8.70. The highest BCUT2D eigenvalue weighted by Crippen LogP contribution is 2.22. The molecule has 0 aliphatic rings. The minimum atomic E-state index is -3.55. The summed E-state index contributed by atoms with van der Waals surface area (Å²) in [6.07, 6.45) is 0. The van der Waals surface area contributed by atoms with Crippen LogP contribution in [0.2, 0.25) is 0 Å². The summed E-state index contributed by atoms with van der Waals surface area (Å²) >= 11 is 0. The molecule has 0 radical (unpaired) electrons. The van der Waals surface area contributed by atoms with Crippen molar-refractivity contribution in [3.63, 3.8) is 0 Å². The maximum atomic E-state index is 12.5. The Morgan fingerprint density at radius 2 is 1.60 bits per heavy atom. The number of esters is 1. The second-order valence-electron chi connectivity index (χ2n) is 6.72. The van der Waals surface area contributed by atoms with E-state index in [4.69, 9.17) is 9.15 Å². The molecular formula is C23H25NO5S. The van der Waals surface area contributed by atoms with Crippen LogP contribution in [-0.4, -0.2) is 27.5 Å². The molecule has 0 fully saturated rings. The van der Waals surface area contributed by atoms with Crippen molar-refractivity contribution in [2.75, 3.05) is 18.0 Å². The highest BCUT2D eigenvalue weighted by Gasteiger charge is 2.20. The Morgan fingerprint density at radius 3 is 2.30 bits per heavy atom. The van der Waals surface area contributed by atoms with E-state index < -0.39 is 15.8 Å². The van der Waals surface area contributed by atoms with Gasteiger partial charge >= 0.3 is 5.97 Å². The molecule has 0 aliphatic heterocycles. The summed E-state index contributed by atoms with van der Waals surface area (Å²) in [5, 5.41) is 0.